The lowest BCUT2D eigenvalue weighted by Crippen LogP contribution is -1.96. The molecule has 0 aliphatic carbocycles. The Hall–Kier alpha value is -1.04. The first kappa shape index (κ1) is 14.4. The number of thioether (sulfide) groups is 1. The van der Waals surface area contributed by atoms with Gasteiger partial charge in [0.05, 0.1) is 17.1 Å². The zero-order valence-corrected chi connectivity index (χ0v) is 12.4. The molecule has 1 heterocycles. The lowest BCUT2D eigenvalue weighted by atomic mass is 10.2. The fourth-order valence-electron chi connectivity index (χ4n) is 1.47. The molecule has 0 amide bonds. The van der Waals surface area contributed by atoms with Crippen molar-refractivity contribution in [3.8, 4) is 10.6 Å². The molecule has 19 heavy (non-hydrogen) atoms. The van der Waals surface area contributed by atoms with E-state index in [1.165, 1.54) is 0 Å². The van der Waals surface area contributed by atoms with Gasteiger partial charge in [-0.05, 0) is 6.07 Å². The molecule has 0 aliphatic heterocycles. The fourth-order valence-corrected chi connectivity index (χ4v) is 3.53. The van der Waals surface area contributed by atoms with Crippen LogP contribution in [0.15, 0.2) is 29.6 Å². The Kier molecular flexibility index (Phi) is 5.24. The number of hydrogen-bond acceptors (Lipinski definition) is 4. The summed E-state index contributed by atoms with van der Waals surface area (Å²) in [5.41, 5.74) is 1.91. The summed E-state index contributed by atoms with van der Waals surface area (Å²) >= 11 is 9.26. The number of halogens is 1. The first-order chi connectivity index (χ1) is 9.16. The third-order valence-corrected chi connectivity index (χ3v) is 4.61. The van der Waals surface area contributed by atoms with Crippen LogP contribution in [-0.2, 0) is 10.5 Å². The molecular formula is C13H12ClNO2S2. The predicted molar refractivity (Wildman–Crippen MR) is 81.0 cm³/mol. The van der Waals surface area contributed by atoms with Crippen LogP contribution in [0.2, 0.25) is 5.02 Å². The summed E-state index contributed by atoms with van der Waals surface area (Å²) in [6.07, 6.45) is 0.187. The molecule has 1 aromatic heterocycles. The third kappa shape index (κ3) is 4.23. The van der Waals surface area contributed by atoms with E-state index in [4.69, 9.17) is 16.7 Å². The van der Waals surface area contributed by atoms with Crippen LogP contribution in [0.25, 0.3) is 10.6 Å². The Morgan fingerprint density at radius 3 is 2.95 bits per heavy atom. The van der Waals surface area contributed by atoms with E-state index in [1.807, 2.05) is 29.6 Å². The molecule has 0 fully saturated rings. The average Bonchev–Trinajstić information content (AvgIpc) is 2.83. The van der Waals surface area contributed by atoms with Gasteiger partial charge in [0.25, 0.3) is 0 Å². The number of thiazole rings is 1. The van der Waals surface area contributed by atoms with Crippen LogP contribution in [0.3, 0.4) is 0 Å². The Morgan fingerprint density at radius 2 is 2.21 bits per heavy atom. The highest BCUT2D eigenvalue weighted by molar-refractivity contribution is 7.98. The van der Waals surface area contributed by atoms with E-state index in [9.17, 15) is 4.79 Å². The minimum Gasteiger partial charge on any atom is -0.481 e. The van der Waals surface area contributed by atoms with E-state index >= 15 is 0 Å². The van der Waals surface area contributed by atoms with Crippen LogP contribution in [0.5, 0.6) is 0 Å². The molecule has 2 rings (SSSR count). The number of aliphatic carboxylic acids is 1. The Morgan fingerprint density at radius 1 is 1.42 bits per heavy atom. The van der Waals surface area contributed by atoms with Crippen molar-refractivity contribution in [1.29, 1.82) is 0 Å². The summed E-state index contributed by atoms with van der Waals surface area (Å²) in [6.45, 7) is 0. The minimum absolute atomic E-state index is 0.187. The van der Waals surface area contributed by atoms with Crippen LogP contribution >= 0.6 is 34.7 Å². The molecular weight excluding hydrogens is 302 g/mol. The standard InChI is InChI=1S/C13H12ClNO2S2/c14-11-4-2-1-3-10(11)13-15-9(8-19-13)7-18-6-5-12(16)17/h1-4,8H,5-7H2,(H,16,17). The van der Waals surface area contributed by atoms with Gasteiger partial charge in [-0.15, -0.1) is 11.3 Å². The summed E-state index contributed by atoms with van der Waals surface area (Å²) in [6, 6.07) is 7.62. The van der Waals surface area contributed by atoms with Gasteiger partial charge in [-0.3, -0.25) is 4.79 Å². The van der Waals surface area contributed by atoms with Crippen LogP contribution in [0, 0.1) is 0 Å². The SMILES string of the molecule is O=C(O)CCSCc1csc(-c2ccccc2Cl)n1. The van der Waals surface area contributed by atoms with Gasteiger partial charge in [-0.2, -0.15) is 11.8 Å². The highest BCUT2D eigenvalue weighted by Gasteiger charge is 2.08. The van der Waals surface area contributed by atoms with E-state index in [1.54, 1.807) is 23.1 Å². The molecule has 0 spiro atoms. The minimum atomic E-state index is -0.762. The Balaban J connectivity index is 1.96. The van der Waals surface area contributed by atoms with Crippen molar-refractivity contribution in [2.24, 2.45) is 0 Å². The van der Waals surface area contributed by atoms with Crippen molar-refractivity contribution in [3.05, 3.63) is 40.4 Å². The van der Waals surface area contributed by atoms with Gasteiger partial charge in [0.2, 0.25) is 0 Å². The van der Waals surface area contributed by atoms with E-state index in [-0.39, 0.29) is 6.42 Å². The number of aromatic nitrogens is 1. The maximum Gasteiger partial charge on any atom is 0.304 e. The maximum atomic E-state index is 10.4. The smallest absolute Gasteiger partial charge is 0.304 e. The number of rotatable bonds is 6. The average molecular weight is 314 g/mol. The van der Waals surface area contributed by atoms with E-state index in [0.29, 0.717) is 10.8 Å². The largest absolute Gasteiger partial charge is 0.481 e. The molecule has 0 unspecified atom stereocenters. The van der Waals surface area contributed by atoms with Gasteiger partial charge < -0.3 is 5.11 Å². The Labute approximate surface area is 124 Å². The number of nitrogens with zero attached hydrogens (tertiary/aromatic N) is 1. The molecule has 0 aliphatic rings. The summed E-state index contributed by atoms with van der Waals surface area (Å²) in [7, 11) is 0. The number of carbonyl (C=O) groups is 1. The van der Waals surface area contributed by atoms with Crippen molar-refractivity contribution in [2.75, 3.05) is 5.75 Å². The van der Waals surface area contributed by atoms with Gasteiger partial charge >= 0.3 is 5.97 Å². The summed E-state index contributed by atoms with van der Waals surface area (Å²) in [4.78, 5) is 14.9. The maximum absolute atomic E-state index is 10.4. The third-order valence-electron chi connectivity index (χ3n) is 2.37. The van der Waals surface area contributed by atoms with Gasteiger partial charge in [0.15, 0.2) is 0 Å². The summed E-state index contributed by atoms with van der Waals surface area (Å²) in [5, 5.41) is 12.1. The normalized spacial score (nSPS) is 10.6. The zero-order valence-electron chi connectivity index (χ0n) is 10.0. The van der Waals surface area contributed by atoms with Crippen molar-refractivity contribution >= 4 is 40.7 Å². The highest BCUT2D eigenvalue weighted by Crippen LogP contribution is 2.30. The lowest BCUT2D eigenvalue weighted by molar-refractivity contribution is -0.136. The molecule has 0 saturated heterocycles. The lowest BCUT2D eigenvalue weighted by Gasteiger charge is -1.99. The number of hydrogen-bond donors (Lipinski definition) is 1. The van der Waals surface area contributed by atoms with Gasteiger partial charge in [-0.25, -0.2) is 4.98 Å². The molecule has 0 radical (unpaired) electrons. The Bertz CT molecular complexity index is 571. The summed E-state index contributed by atoms with van der Waals surface area (Å²) in [5.74, 6) is 0.574. The molecule has 1 aromatic carbocycles. The molecule has 0 bridgehead atoms. The zero-order chi connectivity index (χ0) is 13.7. The van der Waals surface area contributed by atoms with Crippen molar-refractivity contribution < 1.29 is 9.90 Å². The van der Waals surface area contributed by atoms with Crippen molar-refractivity contribution in [2.45, 2.75) is 12.2 Å². The van der Waals surface area contributed by atoms with Gasteiger partial charge in [0, 0.05) is 22.4 Å². The van der Waals surface area contributed by atoms with Crippen LogP contribution in [0.1, 0.15) is 12.1 Å². The molecule has 0 atom stereocenters. The van der Waals surface area contributed by atoms with E-state index in [2.05, 4.69) is 4.98 Å². The number of carboxylic acid groups (broad SMARTS) is 1. The fraction of sp³-hybridized carbons (Fsp3) is 0.231. The van der Waals surface area contributed by atoms with E-state index < -0.39 is 5.97 Å². The van der Waals surface area contributed by atoms with Gasteiger partial charge in [-0.1, -0.05) is 29.8 Å². The molecule has 3 nitrogen and oxygen atoms in total. The molecule has 6 heteroatoms. The van der Waals surface area contributed by atoms with Crippen LogP contribution < -0.4 is 0 Å². The van der Waals surface area contributed by atoms with E-state index in [0.717, 1.165) is 22.0 Å². The second-order valence-electron chi connectivity index (χ2n) is 3.82. The number of benzene rings is 1. The van der Waals surface area contributed by atoms with Crippen LogP contribution in [-0.4, -0.2) is 21.8 Å². The van der Waals surface area contributed by atoms with Crippen molar-refractivity contribution in [1.82, 2.24) is 4.98 Å². The topological polar surface area (TPSA) is 50.2 Å². The first-order valence-electron chi connectivity index (χ1n) is 5.65. The predicted octanol–water partition coefficient (Wildman–Crippen LogP) is 4.17. The quantitative estimate of drug-likeness (QED) is 0.813. The molecule has 100 valence electrons. The monoisotopic (exact) mass is 313 g/mol. The molecule has 1 N–H and O–H groups in total. The highest BCUT2D eigenvalue weighted by atomic mass is 35.5. The first-order valence-corrected chi connectivity index (χ1v) is 8.07. The van der Waals surface area contributed by atoms with Crippen LogP contribution in [0.4, 0.5) is 0 Å². The molecule has 2 aromatic rings. The second kappa shape index (κ2) is 6.93. The van der Waals surface area contributed by atoms with Gasteiger partial charge in [0.1, 0.15) is 5.01 Å². The van der Waals surface area contributed by atoms with Crippen molar-refractivity contribution in [3.63, 3.8) is 0 Å². The molecule has 0 saturated carbocycles. The summed E-state index contributed by atoms with van der Waals surface area (Å²) < 4.78 is 0. The second-order valence-corrected chi connectivity index (χ2v) is 6.19. The number of carboxylic acids is 1.